The van der Waals surface area contributed by atoms with E-state index in [4.69, 9.17) is 4.74 Å². The van der Waals surface area contributed by atoms with Crippen molar-refractivity contribution in [1.82, 2.24) is 20.3 Å². The standard InChI is InChI=1S/C15H19FN4O3S.C5H10O2/c1-24(21,22)13-2-3-15(14(16)8-13)23-10-11-9-18-20(19-11)12-4-6-17-7-5-12;1-5(2,3)7-4-6/h2-3,8-9,12,17H,4-7,10H2,1H3;4H,1-3H3. The van der Waals surface area contributed by atoms with Gasteiger partial charge in [0.25, 0.3) is 6.47 Å². The summed E-state index contributed by atoms with van der Waals surface area (Å²) in [5.41, 5.74) is 0.280. The molecule has 1 fully saturated rings. The van der Waals surface area contributed by atoms with Crippen molar-refractivity contribution in [2.75, 3.05) is 19.3 Å². The van der Waals surface area contributed by atoms with Crippen LogP contribution in [-0.2, 0) is 26.0 Å². The number of hydrogen-bond donors (Lipinski definition) is 1. The molecule has 1 N–H and O–H groups in total. The predicted octanol–water partition coefficient (Wildman–Crippen LogP) is 2.28. The van der Waals surface area contributed by atoms with Crippen LogP contribution >= 0.6 is 0 Å². The number of aromatic nitrogens is 3. The van der Waals surface area contributed by atoms with Gasteiger partial charge in [0.1, 0.15) is 17.9 Å². The van der Waals surface area contributed by atoms with Gasteiger partial charge in [0, 0.05) is 6.26 Å². The maximum atomic E-state index is 13.9. The van der Waals surface area contributed by atoms with E-state index in [9.17, 15) is 17.6 Å². The van der Waals surface area contributed by atoms with Gasteiger partial charge in [0.15, 0.2) is 21.4 Å². The Hall–Kier alpha value is -2.53. The number of sulfone groups is 1. The number of carbonyl (C=O) groups is 1. The summed E-state index contributed by atoms with van der Waals surface area (Å²) >= 11 is 0. The van der Waals surface area contributed by atoms with Gasteiger partial charge >= 0.3 is 0 Å². The van der Waals surface area contributed by atoms with E-state index in [1.807, 2.05) is 20.8 Å². The number of carbonyl (C=O) groups excluding carboxylic acids is 1. The lowest BCUT2D eigenvalue weighted by Gasteiger charge is -2.21. The number of hydrogen-bond acceptors (Lipinski definition) is 8. The molecule has 0 atom stereocenters. The lowest BCUT2D eigenvalue weighted by molar-refractivity contribution is -0.138. The summed E-state index contributed by atoms with van der Waals surface area (Å²) in [5.74, 6) is -0.734. The summed E-state index contributed by atoms with van der Waals surface area (Å²) in [5, 5.41) is 11.9. The highest BCUT2D eigenvalue weighted by atomic mass is 32.2. The monoisotopic (exact) mass is 456 g/mol. The molecule has 1 aromatic carbocycles. The average molecular weight is 457 g/mol. The van der Waals surface area contributed by atoms with E-state index in [0.717, 1.165) is 38.3 Å². The van der Waals surface area contributed by atoms with Crippen molar-refractivity contribution >= 4 is 16.3 Å². The first-order valence-corrected chi connectivity index (χ1v) is 11.7. The van der Waals surface area contributed by atoms with Crippen LogP contribution in [0.5, 0.6) is 5.75 Å². The molecule has 0 aliphatic carbocycles. The van der Waals surface area contributed by atoms with E-state index >= 15 is 0 Å². The van der Waals surface area contributed by atoms with Crippen molar-refractivity contribution in [3.05, 3.63) is 35.9 Å². The Kier molecular flexibility index (Phi) is 8.52. The lowest BCUT2D eigenvalue weighted by Crippen LogP contribution is -2.30. The second kappa shape index (κ2) is 10.7. The summed E-state index contributed by atoms with van der Waals surface area (Å²) in [7, 11) is -3.44. The number of piperidine rings is 1. The Balaban J connectivity index is 0.000000423. The fourth-order valence-electron chi connectivity index (χ4n) is 2.71. The Bertz CT molecular complexity index is 966. The van der Waals surface area contributed by atoms with E-state index in [-0.39, 0.29) is 28.9 Å². The van der Waals surface area contributed by atoms with Crippen LogP contribution in [0.25, 0.3) is 0 Å². The first kappa shape index (κ1) is 24.7. The summed E-state index contributed by atoms with van der Waals surface area (Å²) in [6, 6.07) is 3.85. The third-order valence-corrected chi connectivity index (χ3v) is 5.41. The lowest BCUT2D eigenvalue weighted by atomic mass is 10.1. The molecule has 2 heterocycles. The molecular weight excluding hydrogens is 427 g/mol. The van der Waals surface area contributed by atoms with Crippen LogP contribution in [0.1, 0.15) is 45.3 Å². The van der Waals surface area contributed by atoms with Crippen LogP contribution in [0, 0.1) is 5.82 Å². The van der Waals surface area contributed by atoms with Crippen molar-refractivity contribution in [3.63, 3.8) is 0 Å². The van der Waals surface area contributed by atoms with Gasteiger partial charge in [-0.15, -0.1) is 0 Å². The van der Waals surface area contributed by atoms with Gasteiger partial charge in [-0.3, -0.25) is 4.79 Å². The van der Waals surface area contributed by atoms with Crippen molar-refractivity contribution in [2.45, 2.75) is 56.8 Å². The highest BCUT2D eigenvalue weighted by Crippen LogP contribution is 2.22. The van der Waals surface area contributed by atoms with Crippen molar-refractivity contribution in [2.24, 2.45) is 0 Å². The Morgan fingerprint density at radius 1 is 1.29 bits per heavy atom. The zero-order valence-electron chi connectivity index (χ0n) is 18.2. The second-order valence-corrected chi connectivity index (χ2v) is 10.1. The molecule has 0 unspecified atom stereocenters. The van der Waals surface area contributed by atoms with Crippen LogP contribution < -0.4 is 10.1 Å². The van der Waals surface area contributed by atoms with Crippen LogP contribution in [0.3, 0.4) is 0 Å². The molecule has 172 valence electrons. The number of ether oxygens (including phenoxy) is 2. The molecule has 0 spiro atoms. The van der Waals surface area contributed by atoms with Crippen molar-refractivity contribution in [1.29, 1.82) is 0 Å². The molecule has 9 nitrogen and oxygen atoms in total. The van der Waals surface area contributed by atoms with Gasteiger partial charge in [-0.2, -0.15) is 15.0 Å². The molecule has 0 amide bonds. The molecule has 1 saturated heterocycles. The van der Waals surface area contributed by atoms with Gasteiger partial charge in [0.05, 0.1) is 17.1 Å². The Morgan fingerprint density at radius 3 is 2.48 bits per heavy atom. The number of benzene rings is 1. The minimum absolute atomic E-state index is 0.0150. The number of halogens is 1. The number of nitrogens with one attached hydrogen (secondary N) is 1. The van der Waals surface area contributed by atoms with Gasteiger partial charge < -0.3 is 14.8 Å². The normalized spacial score (nSPS) is 15.0. The Morgan fingerprint density at radius 2 is 1.97 bits per heavy atom. The molecule has 11 heteroatoms. The molecule has 0 bridgehead atoms. The molecule has 1 aromatic heterocycles. The molecular formula is C20H29FN4O5S. The molecule has 1 aliphatic heterocycles. The maximum Gasteiger partial charge on any atom is 0.293 e. The summed E-state index contributed by atoms with van der Waals surface area (Å²) in [6.07, 6.45) is 4.57. The van der Waals surface area contributed by atoms with E-state index in [1.165, 1.54) is 12.1 Å². The van der Waals surface area contributed by atoms with E-state index in [2.05, 4.69) is 20.3 Å². The zero-order chi connectivity index (χ0) is 23.1. The van der Waals surface area contributed by atoms with Crippen LogP contribution in [0.4, 0.5) is 4.39 Å². The summed E-state index contributed by atoms with van der Waals surface area (Å²) in [4.78, 5) is 11.2. The third kappa shape index (κ3) is 8.25. The zero-order valence-corrected chi connectivity index (χ0v) is 19.0. The smallest absolute Gasteiger partial charge is 0.293 e. The molecule has 31 heavy (non-hydrogen) atoms. The van der Waals surface area contributed by atoms with E-state index in [0.29, 0.717) is 12.2 Å². The first-order chi connectivity index (χ1) is 14.5. The minimum atomic E-state index is -3.44. The fourth-order valence-corrected chi connectivity index (χ4v) is 3.35. The van der Waals surface area contributed by atoms with E-state index < -0.39 is 15.7 Å². The molecule has 2 aromatic rings. The van der Waals surface area contributed by atoms with Gasteiger partial charge in [-0.05, 0) is 64.9 Å². The van der Waals surface area contributed by atoms with Crippen LogP contribution in [0.2, 0.25) is 0 Å². The number of nitrogens with zero attached hydrogens (tertiary/aromatic N) is 3. The number of rotatable bonds is 6. The molecule has 1 aliphatic rings. The highest BCUT2D eigenvalue weighted by molar-refractivity contribution is 7.90. The predicted molar refractivity (Wildman–Crippen MR) is 112 cm³/mol. The summed E-state index contributed by atoms with van der Waals surface area (Å²) < 4.78 is 46.7. The second-order valence-electron chi connectivity index (χ2n) is 8.12. The van der Waals surface area contributed by atoms with Gasteiger partial charge in [-0.25, -0.2) is 12.8 Å². The minimum Gasteiger partial charge on any atom is -0.484 e. The average Bonchev–Trinajstić information content (AvgIpc) is 3.15. The third-order valence-electron chi connectivity index (χ3n) is 4.30. The SMILES string of the molecule is CC(C)(C)OC=O.CS(=O)(=O)c1ccc(OCc2cnn(C3CCNCC3)n2)c(F)c1. The first-order valence-electron chi connectivity index (χ1n) is 9.85. The van der Waals surface area contributed by atoms with Gasteiger partial charge in [-0.1, -0.05) is 0 Å². The molecule has 3 rings (SSSR count). The van der Waals surface area contributed by atoms with Gasteiger partial charge in [0.2, 0.25) is 0 Å². The van der Waals surface area contributed by atoms with Crippen LogP contribution in [0.15, 0.2) is 29.3 Å². The Labute approximate surface area is 181 Å². The summed E-state index contributed by atoms with van der Waals surface area (Å²) in [6.45, 7) is 7.87. The van der Waals surface area contributed by atoms with Crippen molar-refractivity contribution < 1.29 is 27.1 Å². The quantitative estimate of drug-likeness (QED) is 0.659. The molecule has 0 saturated carbocycles. The van der Waals surface area contributed by atoms with E-state index in [1.54, 1.807) is 11.0 Å². The topological polar surface area (TPSA) is 112 Å². The van der Waals surface area contributed by atoms with Crippen LogP contribution in [-0.4, -0.2) is 54.8 Å². The molecule has 0 radical (unpaired) electrons. The van der Waals surface area contributed by atoms with Crippen molar-refractivity contribution in [3.8, 4) is 5.75 Å². The highest BCUT2D eigenvalue weighted by Gasteiger charge is 2.17. The largest absolute Gasteiger partial charge is 0.484 e. The fraction of sp³-hybridized carbons (Fsp3) is 0.550. The maximum absolute atomic E-state index is 13.9.